The normalized spacial score (nSPS) is 12.0. The number of carboxylic acids is 1. The monoisotopic (exact) mass is 1210 g/mol. The predicted octanol–water partition coefficient (Wildman–Crippen LogP) is 8.37. The molecule has 0 fully saturated rings. The predicted molar refractivity (Wildman–Crippen MR) is 307 cm³/mol. The van der Waals surface area contributed by atoms with Crippen LogP contribution in [0.1, 0.15) is 101 Å². The number of halogens is 2. The summed E-state index contributed by atoms with van der Waals surface area (Å²) in [4.78, 5) is 84.7. The fourth-order valence-electron chi connectivity index (χ4n) is 7.70. The van der Waals surface area contributed by atoms with Gasteiger partial charge >= 0.3 is 30.1 Å². The lowest BCUT2D eigenvalue weighted by Crippen LogP contribution is -2.27. The van der Waals surface area contributed by atoms with E-state index in [-0.39, 0.29) is 41.4 Å². The maximum absolute atomic E-state index is 14.0. The zero-order valence-corrected chi connectivity index (χ0v) is 49.7. The molecule has 6 aromatic heterocycles. The number of ether oxygens (including phenoxy) is 4. The van der Waals surface area contributed by atoms with Gasteiger partial charge in [0, 0.05) is 32.3 Å². The number of rotatable bonds is 16. The average Bonchev–Trinajstić information content (AvgIpc) is 2.51. The highest BCUT2D eigenvalue weighted by Gasteiger charge is 2.25. The molecule has 0 aliphatic carbocycles. The standard InChI is InChI=1S/C23H26FN5O4.C19H20FN5O4S.C14H17N5O4/c1-14(16-8-6-7-9-18(16)24)32-20(30)10-19-17(13-27-29(19)5)21-25-11-15(12-26-21)28-22(31)33-23(2,3)4;1-12(14-6-4-5-7-16(14)20)29-18(26)8-17-15(11-23-25(17)2)19-21-9-13(10-22-19)24-30(3,27)28;1-14(2,3)23-13(22)18-8-5-15-11(16-6-8)9-7-17-19(4)10(9)12(20)21/h6-9,11-14H,10H2,1-5H3,(H,28,31);4-7,9-12,24H,8H2,1-3H3;5-7H,1-4H3,(H,18,22)(H,20,21)/t14-;12-;/m11./s1. The van der Waals surface area contributed by atoms with Crippen molar-refractivity contribution in [2.45, 2.75) is 91.6 Å². The second kappa shape index (κ2) is 28.0. The van der Waals surface area contributed by atoms with E-state index in [1.54, 1.807) is 112 Å². The number of anilines is 3. The van der Waals surface area contributed by atoms with Crippen molar-refractivity contribution in [2.75, 3.05) is 21.6 Å². The number of carbonyl (C=O) groups is 5. The fraction of sp³-hybridized carbons (Fsp3) is 0.321. The number of carboxylic acid groups (broad SMARTS) is 1. The fourth-order valence-corrected chi connectivity index (χ4v) is 8.23. The van der Waals surface area contributed by atoms with Gasteiger partial charge < -0.3 is 24.1 Å². The largest absolute Gasteiger partial charge is 0.477 e. The average molecular weight is 1210 g/mol. The third-order valence-electron chi connectivity index (χ3n) is 11.5. The molecule has 454 valence electrons. The second-order valence-electron chi connectivity index (χ2n) is 20.8. The molecule has 27 nitrogen and oxygen atoms in total. The minimum atomic E-state index is -3.45. The first-order chi connectivity index (χ1) is 40.3. The van der Waals surface area contributed by atoms with Crippen molar-refractivity contribution < 1.29 is 65.2 Å². The van der Waals surface area contributed by atoms with E-state index in [0.717, 1.165) is 6.26 Å². The van der Waals surface area contributed by atoms with Gasteiger partial charge in [0.1, 0.15) is 35.0 Å². The summed E-state index contributed by atoms with van der Waals surface area (Å²) >= 11 is 0. The molecule has 30 heteroatoms. The number of aryl methyl sites for hydroxylation is 3. The Morgan fingerprint density at radius 3 is 1.23 bits per heavy atom. The van der Waals surface area contributed by atoms with Crippen LogP contribution in [0.25, 0.3) is 34.2 Å². The molecule has 0 aliphatic heterocycles. The summed E-state index contributed by atoms with van der Waals surface area (Å²) in [5.74, 6) is -2.33. The third kappa shape index (κ3) is 19.0. The van der Waals surface area contributed by atoms with Crippen LogP contribution in [0.5, 0.6) is 0 Å². The van der Waals surface area contributed by atoms with Gasteiger partial charge in [0.2, 0.25) is 10.0 Å². The summed E-state index contributed by atoms with van der Waals surface area (Å²) in [5.41, 5.74) is 2.60. The Hall–Kier alpha value is -10.1. The number of benzene rings is 2. The highest BCUT2D eigenvalue weighted by molar-refractivity contribution is 7.92. The van der Waals surface area contributed by atoms with E-state index in [1.807, 2.05) is 0 Å². The zero-order valence-electron chi connectivity index (χ0n) is 48.9. The quantitative estimate of drug-likeness (QED) is 0.0521. The van der Waals surface area contributed by atoms with E-state index in [2.05, 4.69) is 60.6 Å². The number of aromatic nitrogens is 12. The first-order valence-corrected chi connectivity index (χ1v) is 27.8. The van der Waals surface area contributed by atoms with Gasteiger partial charge in [0.25, 0.3) is 0 Å². The molecule has 2 amide bonds. The zero-order chi connectivity index (χ0) is 63.3. The second-order valence-corrected chi connectivity index (χ2v) is 22.5. The molecular weight excluding hydrogens is 1140 g/mol. The summed E-state index contributed by atoms with van der Waals surface area (Å²) in [5, 5.41) is 26.5. The molecule has 0 radical (unpaired) electrons. The smallest absolute Gasteiger partial charge is 0.412 e. The van der Waals surface area contributed by atoms with Crippen molar-refractivity contribution >= 4 is 57.2 Å². The van der Waals surface area contributed by atoms with Crippen molar-refractivity contribution in [3.8, 4) is 34.2 Å². The number of sulfonamides is 1. The summed E-state index contributed by atoms with van der Waals surface area (Å²) in [6.07, 6.45) is 10.7. The third-order valence-corrected chi connectivity index (χ3v) is 12.1. The number of aromatic carboxylic acids is 1. The number of esters is 2. The molecule has 8 rings (SSSR count). The number of nitrogens with one attached hydrogen (secondary N) is 3. The van der Waals surface area contributed by atoms with Crippen LogP contribution in [-0.4, -0.2) is 120 Å². The highest BCUT2D eigenvalue weighted by atomic mass is 32.2. The van der Waals surface area contributed by atoms with Gasteiger partial charge in [-0.15, -0.1) is 0 Å². The van der Waals surface area contributed by atoms with Crippen LogP contribution in [0.15, 0.2) is 104 Å². The summed E-state index contributed by atoms with van der Waals surface area (Å²) < 4.78 is 78.1. The Morgan fingerprint density at radius 2 is 0.884 bits per heavy atom. The summed E-state index contributed by atoms with van der Waals surface area (Å²) in [6.45, 7) is 13.7. The molecule has 2 atom stereocenters. The molecule has 8 aromatic rings. The van der Waals surface area contributed by atoms with Crippen LogP contribution in [0.3, 0.4) is 0 Å². The molecule has 0 aliphatic rings. The Balaban J connectivity index is 0.000000210. The SMILES string of the molecule is C[C@@H](OC(=O)Cc1c(-c2ncc(NC(=O)OC(C)(C)C)cn2)cnn1C)c1ccccc1F.C[C@@H](OC(=O)Cc1c(-c2ncc(NS(C)(=O)=O)cn2)cnn1C)c1ccccc1F.Cn1ncc(-c2ncc(NC(=O)OC(C)(C)C)cn2)c1C(=O)O. The molecule has 2 aromatic carbocycles. The Kier molecular flexibility index (Phi) is 21.1. The highest BCUT2D eigenvalue weighted by Crippen LogP contribution is 2.27. The molecule has 0 saturated heterocycles. The molecular formula is C56H63F2N15O12S. The Bertz CT molecular complexity index is 3810. The maximum Gasteiger partial charge on any atom is 0.412 e. The van der Waals surface area contributed by atoms with Crippen molar-refractivity contribution in [3.05, 3.63) is 144 Å². The van der Waals surface area contributed by atoms with Crippen LogP contribution in [0.2, 0.25) is 0 Å². The molecule has 0 spiro atoms. The number of carbonyl (C=O) groups excluding carboxylic acids is 4. The van der Waals surface area contributed by atoms with Gasteiger partial charge in [-0.1, -0.05) is 36.4 Å². The van der Waals surface area contributed by atoms with E-state index >= 15 is 0 Å². The van der Waals surface area contributed by atoms with Gasteiger partial charge in [-0.3, -0.25) is 39.0 Å². The van der Waals surface area contributed by atoms with Gasteiger partial charge in [0.15, 0.2) is 23.2 Å². The minimum absolute atomic E-state index is 0.0159. The molecule has 6 heterocycles. The number of hydrogen-bond donors (Lipinski definition) is 4. The van der Waals surface area contributed by atoms with Gasteiger partial charge in [-0.05, 0) is 67.5 Å². The van der Waals surface area contributed by atoms with Crippen LogP contribution in [0, 0.1) is 11.6 Å². The van der Waals surface area contributed by atoms with E-state index in [1.165, 1.54) is 82.8 Å². The molecule has 86 heavy (non-hydrogen) atoms. The van der Waals surface area contributed by atoms with E-state index in [4.69, 9.17) is 18.9 Å². The van der Waals surface area contributed by atoms with Gasteiger partial charge in [0.05, 0.1) is 120 Å². The van der Waals surface area contributed by atoms with Crippen molar-refractivity contribution in [1.82, 2.24) is 59.2 Å². The van der Waals surface area contributed by atoms with Crippen LogP contribution >= 0.6 is 0 Å². The van der Waals surface area contributed by atoms with Crippen molar-refractivity contribution in [1.29, 1.82) is 0 Å². The van der Waals surface area contributed by atoms with Gasteiger partial charge in [-0.2, -0.15) is 15.3 Å². The molecule has 4 N–H and O–H groups in total. The summed E-state index contributed by atoms with van der Waals surface area (Å²) in [7, 11) is 1.42. The molecule has 0 bridgehead atoms. The maximum atomic E-state index is 14.0. The Labute approximate surface area is 492 Å². The number of amides is 2. The minimum Gasteiger partial charge on any atom is -0.477 e. The lowest BCUT2D eigenvalue weighted by molar-refractivity contribution is -0.149. The summed E-state index contributed by atoms with van der Waals surface area (Å²) in [6, 6.07) is 12.2. The lowest BCUT2D eigenvalue weighted by Gasteiger charge is -2.19. The Morgan fingerprint density at radius 1 is 0.547 bits per heavy atom. The van der Waals surface area contributed by atoms with Crippen LogP contribution < -0.4 is 15.4 Å². The first-order valence-electron chi connectivity index (χ1n) is 25.9. The lowest BCUT2D eigenvalue weighted by atomic mass is 10.1. The topological polar surface area (TPSA) is 344 Å². The molecule has 0 unspecified atom stereocenters. The van der Waals surface area contributed by atoms with Crippen molar-refractivity contribution in [3.63, 3.8) is 0 Å². The number of nitrogens with zero attached hydrogens (tertiary/aromatic N) is 12. The van der Waals surface area contributed by atoms with E-state index in [9.17, 15) is 46.3 Å². The van der Waals surface area contributed by atoms with Crippen molar-refractivity contribution in [2.24, 2.45) is 21.1 Å². The van der Waals surface area contributed by atoms with Crippen LogP contribution in [0.4, 0.5) is 35.4 Å². The van der Waals surface area contributed by atoms with Gasteiger partial charge in [-0.25, -0.2) is 61.5 Å². The number of hydrogen-bond acceptors (Lipinski definition) is 20. The first kappa shape index (κ1) is 65.0. The van der Waals surface area contributed by atoms with E-state index in [0.29, 0.717) is 50.8 Å². The van der Waals surface area contributed by atoms with E-state index < -0.39 is 75.2 Å². The van der Waals surface area contributed by atoms with Crippen LogP contribution in [-0.2, 0) is 72.5 Å². The molecule has 0 saturated carbocycles.